The van der Waals surface area contributed by atoms with Crippen molar-refractivity contribution in [3.63, 3.8) is 0 Å². The lowest BCUT2D eigenvalue weighted by Gasteiger charge is -2.09. The first-order chi connectivity index (χ1) is 14.3. The molecule has 9 heteroatoms. The summed E-state index contributed by atoms with van der Waals surface area (Å²) in [7, 11) is 0. The van der Waals surface area contributed by atoms with E-state index in [0.717, 1.165) is 11.1 Å². The van der Waals surface area contributed by atoms with Crippen LogP contribution in [-0.2, 0) is 6.54 Å². The van der Waals surface area contributed by atoms with Crippen molar-refractivity contribution in [1.82, 2.24) is 19.3 Å². The molecule has 0 bridgehead atoms. The molecule has 0 unspecified atom stereocenters. The fourth-order valence-electron chi connectivity index (χ4n) is 3.14. The van der Waals surface area contributed by atoms with Crippen LogP contribution in [0, 0.1) is 19.7 Å². The standard InChI is InChI=1S/C21H16ClFN4O3/c1-12-7-13(2)9-15(8-12)27-6-5-26(20(28)21(27)29)11-18-24-19(25-30-18)14-3-4-16(22)17(23)10-14/h3-10H,11H2,1-2H3. The Morgan fingerprint density at radius 2 is 1.77 bits per heavy atom. The van der Waals surface area contributed by atoms with E-state index < -0.39 is 16.9 Å². The maximum absolute atomic E-state index is 13.6. The van der Waals surface area contributed by atoms with Gasteiger partial charge in [-0.05, 0) is 55.3 Å². The minimum atomic E-state index is -0.728. The van der Waals surface area contributed by atoms with Gasteiger partial charge in [-0.2, -0.15) is 4.98 Å². The normalized spacial score (nSPS) is 11.1. The second kappa shape index (κ2) is 7.72. The molecule has 0 saturated carbocycles. The molecule has 0 radical (unpaired) electrons. The summed E-state index contributed by atoms with van der Waals surface area (Å²) in [5.74, 6) is -0.352. The van der Waals surface area contributed by atoms with Crippen LogP contribution in [0.15, 0.2) is 62.9 Å². The first-order valence-corrected chi connectivity index (χ1v) is 9.38. The third kappa shape index (κ3) is 3.81. The van der Waals surface area contributed by atoms with Crippen molar-refractivity contribution in [1.29, 1.82) is 0 Å². The van der Waals surface area contributed by atoms with Crippen molar-refractivity contribution < 1.29 is 8.91 Å². The summed E-state index contributed by atoms with van der Waals surface area (Å²) in [6.07, 6.45) is 3.00. The number of hydrogen-bond acceptors (Lipinski definition) is 5. The Bertz CT molecular complexity index is 1350. The Labute approximate surface area is 175 Å². The van der Waals surface area contributed by atoms with E-state index >= 15 is 0 Å². The molecule has 2 aromatic carbocycles. The van der Waals surface area contributed by atoms with E-state index in [0.29, 0.717) is 11.3 Å². The molecule has 4 rings (SSSR count). The van der Waals surface area contributed by atoms with E-state index in [2.05, 4.69) is 10.1 Å². The first kappa shape index (κ1) is 19.8. The van der Waals surface area contributed by atoms with E-state index in [4.69, 9.17) is 16.1 Å². The highest BCUT2D eigenvalue weighted by Crippen LogP contribution is 2.22. The van der Waals surface area contributed by atoms with Crippen molar-refractivity contribution in [3.8, 4) is 17.1 Å². The molecule has 0 atom stereocenters. The summed E-state index contributed by atoms with van der Waals surface area (Å²) in [4.78, 5) is 29.3. The highest BCUT2D eigenvalue weighted by Gasteiger charge is 2.14. The molecule has 0 aliphatic carbocycles. The summed E-state index contributed by atoms with van der Waals surface area (Å²) < 4.78 is 21.3. The van der Waals surface area contributed by atoms with Gasteiger partial charge in [0.15, 0.2) is 0 Å². The summed E-state index contributed by atoms with van der Waals surface area (Å²) in [5, 5.41) is 3.78. The van der Waals surface area contributed by atoms with E-state index in [9.17, 15) is 14.0 Å². The fourth-order valence-corrected chi connectivity index (χ4v) is 3.26. The number of halogens is 2. The highest BCUT2D eigenvalue weighted by molar-refractivity contribution is 6.30. The second-order valence-corrected chi connectivity index (χ2v) is 7.30. The van der Waals surface area contributed by atoms with Gasteiger partial charge in [0.05, 0.1) is 5.02 Å². The monoisotopic (exact) mass is 426 g/mol. The molecule has 0 saturated heterocycles. The van der Waals surface area contributed by atoms with Crippen LogP contribution in [0.1, 0.15) is 17.0 Å². The molecule has 2 heterocycles. The smallest absolute Gasteiger partial charge is 0.320 e. The molecule has 0 aliphatic heterocycles. The third-order valence-corrected chi connectivity index (χ3v) is 4.80. The van der Waals surface area contributed by atoms with Crippen LogP contribution in [-0.4, -0.2) is 19.3 Å². The molecular weight excluding hydrogens is 411 g/mol. The van der Waals surface area contributed by atoms with Gasteiger partial charge in [0.2, 0.25) is 11.7 Å². The van der Waals surface area contributed by atoms with Crippen LogP contribution >= 0.6 is 11.6 Å². The van der Waals surface area contributed by atoms with Gasteiger partial charge in [-0.3, -0.25) is 18.7 Å². The SMILES string of the molecule is Cc1cc(C)cc(-n2ccn(Cc3nc(-c4ccc(Cl)c(F)c4)no3)c(=O)c2=O)c1. The Hall–Kier alpha value is -3.52. The lowest BCUT2D eigenvalue weighted by molar-refractivity contribution is 0.369. The van der Waals surface area contributed by atoms with Crippen LogP contribution < -0.4 is 11.1 Å². The molecule has 0 spiro atoms. The van der Waals surface area contributed by atoms with Crippen molar-refractivity contribution in [2.24, 2.45) is 0 Å². The number of rotatable bonds is 4. The largest absolute Gasteiger partial charge is 0.337 e. The highest BCUT2D eigenvalue weighted by atomic mass is 35.5. The van der Waals surface area contributed by atoms with Crippen molar-refractivity contribution in [3.05, 3.63) is 97.4 Å². The minimum Gasteiger partial charge on any atom is -0.337 e. The number of benzene rings is 2. The second-order valence-electron chi connectivity index (χ2n) is 6.89. The van der Waals surface area contributed by atoms with Crippen LogP contribution in [0.5, 0.6) is 0 Å². The Morgan fingerprint density at radius 1 is 1.03 bits per heavy atom. The van der Waals surface area contributed by atoms with Crippen LogP contribution in [0.25, 0.3) is 17.1 Å². The number of hydrogen-bond donors (Lipinski definition) is 0. The Morgan fingerprint density at radius 3 is 2.47 bits per heavy atom. The van der Waals surface area contributed by atoms with Crippen LogP contribution in [0.2, 0.25) is 5.02 Å². The summed E-state index contributed by atoms with van der Waals surface area (Å²) in [5.41, 5.74) is 1.54. The predicted octanol–water partition coefficient (Wildman–Crippen LogP) is 3.51. The third-order valence-electron chi connectivity index (χ3n) is 4.49. The number of aryl methyl sites for hydroxylation is 2. The maximum Gasteiger partial charge on any atom is 0.320 e. The quantitative estimate of drug-likeness (QED) is 0.466. The minimum absolute atomic E-state index is 0.0154. The predicted molar refractivity (Wildman–Crippen MR) is 110 cm³/mol. The van der Waals surface area contributed by atoms with E-state index in [-0.39, 0.29) is 23.3 Å². The van der Waals surface area contributed by atoms with Gasteiger partial charge in [0.25, 0.3) is 0 Å². The fraction of sp³-hybridized carbons (Fsp3) is 0.143. The zero-order valence-electron chi connectivity index (χ0n) is 16.1. The number of aromatic nitrogens is 4. The average Bonchev–Trinajstić information content (AvgIpc) is 3.15. The van der Waals surface area contributed by atoms with Gasteiger partial charge in [-0.1, -0.05) is 22.8 Å². The first-order valence-electron chi connectivity index (χ1n) is 9.00. The molecule has 0 fully saturated rings. The van der Waals surface area contributed by atoms with E-state index in [1.165, 1.54) is 33.7 Å². The molecule has 30 heavy (non-hydrogen) atoms. The lowest BCUT2D eigenvalue weighted by atomic mass is 10.1. The van der Waals surface area contributed by atoms with Crippen molar-refractivity contribution in [2.75, 3.05) is 0 Å². The average molecular weight is 427 g/mol. The molecule has 152 valence electrons. The Balaban J connectivity index is 1.64. The molecule has 0 N–H and O–H groups in total. The zero-order valence-corrected chi connectivity index (χ0v) is 16.9. The van der Waals surface area contributed by atoms with E-state index in [1.54, 1.807) is 6.07 Å². The van der Waals surface area contributed by atoms with Gasteiger partial charge < -0.3 is 4.52 Å². The van der Waals surface area contributed by atoms with Gasteiger partial charge in [0, 0.05) is 23.6 Å². The van der Waals surface area contributed by atoms with Gasteiger partial charge >= 0.3 is 11.1 Å². The van der Waals surface area contributed by atoms with E-state index in [1.807, 2.05) is 32.0 Å². The topological polar surface area (TPSA) is 82.9 Å². The lowest BCUT2D eigenvalue weighted by Crippen LogP contribution is -2.40. The van der Waals surface area contributed by atoms with Gasteiger partial charge in [-0.15, -0.1) is 0 Å². The summed E-state index contributed by atoms with van der Waals surface area (Å²) >= 11 is 5.68. The Kier molecular flexibility index (Phi) is 5.09. The molecule has 4 aromatic rings. The molecular formula is C21H16ClFN4O3. The summed E-state index contributed by atoms with van der Waals surface area (Å²) in [6.45, 7) is 3.75. The number of nitrogens with zero attached hydrogens (tertiary/aromatic N) is 4. The zero-order chi connectivity index (χ0) is 21.4. The molecule has 0 aliphatic rings. The van der Waals surface area contributed by atoms with Crippen LogP contribution in [0.4, 0.5) is 4.39 Å². The molecule has 0 amide bonds. The van der Waals surface area contributed by atoms with Gasteiger partial charge in [0.1, 0.15) is 12.4 Å². The summed E-state index contributed by atoms with van der Waals surface area (Å²) in [6, 6.07) is 9.77. The molecule has 2 aromatic heterocycles. The van der Waals surface area contributed by atoms with Gasteiger partial charge in [-0.25, -0.2) is 4.39 Å². The molecule has 7 nitrogen and oxygen atoms in total. The van der Waals surface area contributed by atoms with Crippen LogP contribution in [0.3, 0.4) is 0 Å². The van der Waals surface area contributed by atoms with Crippen molar-refractivity contribution in [2.45, 2.75) is 20.4 Å². The maximum atomic E-state index is 13.6. The van der Waals surface area contributed by atoms with Crippen molar-refractivity contribution >= 4 is 11.6 Å².